The summed E-state index contributed by atoms with van der Waals surface area (Å²) in [5.74, 6) is 1.26. The minimum Gasteiger partial charge on any atom is -0.395 e. The Balaban J connectivity index is 2.28. The molecule has 0 bridgehead atoms. The fraction of sp³-hybridized carbons (Fsp3) is 0.0588. The van der Waals surface area contributed by atoms with Gasteiger partial charge in [0.2, 0.25) is 0 Å². The molecule has 2 aromatic rings. The van der Waals surface area contributed by atoms with Gasteiger partial charge in [0.1, 0.15) is 11.5 Å². The van der Waals surface area contributed by atoms with Gasteiger partial charge >= 0.3 is 15.4 Å². The first-order valence-corrected chi connectivity index (χ1v) is 10.5. The molecule has 1 N–H and O–H groups in total. The summed E-state index contributed by atoms with van der Waals surface area (Å²) in [6.45, 7) is 1.75. The van der Waals surface area contributed by atoms with Gasteiger partial charge in [-0.05, 0) is 31.2 Å². The summed E-state index contributed by atoms with van der Waals surface area (Å²) in [7, 11) is -8.78. The first-order valence-electron chi connectivity index (χ1n) is 7.36. The second kappa shape index (κ2) is 8.84. The number of phosphoric acid groups is 1. The Morgan fingerprint density at radius 1 is 0.840 bits per heavy atom. The van der Waals surface area contributed by atoms with Crippen LogP contribution in [0.2, 0.25) is 0 Å². The lowest BCUT2D eigenvalue weighted by Crippen LogP contribution is -2.03. The molecule has 0 saturated carbocycles. The molecule has 0 spiro atoms. The minimum absolute atomic E-state index is 0.180. The summed E-state index contributed by atoms with van der Waals surface area (Å²) >= 11 is 0. The smallest absolute Gasteiger partial charge is 0.395 e. The Bertz CT molecular complexity index is 772. The summed E-state index contributed by atoms with van der Waals surface area (Å²) in [6.07, 6.45) is 4.51. The molecule has 0 fully saturated rings. The van der Waals surface area contributed by atoms with Crippen molar-refractivity contribution in [2.24, 2.45) is 0 Å². The minimum atomic E-state index is -4.42. The van der Waals surface area contributed by atoms with Crippen LogP contribution in [0, 0.1) is 0 Å². The predicted molar refractivity (Wildman–Crippen MR) is 96.6 cm³/mol. The number of phosphoric ester groups is 1. The summed E-state index contributed by atoms with van der Waals surface area (Å²) in [5.41, 5.74) is 0. The lowest BCUT2D eigenvalue weighted by molar-refractivity contribution is 0.280. The molecule has 0 aliphatic carbocycles. The predicted octanol–water partition coefficient (Wildman–Crippen LogP) is 5.54. The normalized spacial score (nSPS) is 14.5. The van der Waals surface area contributed by atoms with Gasteiger partial charge in [0.15, 0.2) is 0 Å². The monoisotopic (exact) mass is 380 g/mol. The van der Waals surface area contributed by atoms with Crippen LogP contribution in [0.1, 0.15) is 6.92 Å². The lowest BCUT2D eigenvalue weighted by Gasteiger charge is -2.20. The molecule has 132 valence electrons. The molecule has 0 saturated heterocycles. The molecule has 25 heavy (non-hydrogen) atoms. The fourth-order valence-corrected chi connectivity index (χ4v) is 4.46. The van der Waals surface area contributed by atoms with Crippen molar-refractivity contribution in [3.63, 3.8) is 0 Å². The highest BCUT2D eigenvalue weighted by Crippen LogP contribution is 2.62. The van der Waals surface area contributed by atoms with Gasteiger partial charge in [-0.3, -0.25) is 4.57 Å². The maximum atomic E-state index is 12.9. The van der Waals surface area contributed by atoms with Crippen molar-refractivity contribution >= 4 is 15.4 Å². The van der Waals surface area contributed by atoms with Crippen LogP contribution in [0.25, 0.3) is 0 Å². The van der Waals surface area contributed by atoms with Gasteiger partial charge in [-0.25, -0.2) is 4.57 Å². The molecule has 0 amide bonds. The number of benzene rings is 2. The van der Waals surface area contributed by atoms with Crippen molar-refractivity contribution < 1.29 is 27.4 Å². The molecule has 1 atom stereocenters. The van der Waals surface area contributed by atoms with Crippen LogP contribution in [0.5, 0.6) is 11.5 Å². The summed E-state index contributed by atoms with van der Waals surface area (Å²) < 4.78 is 40.5. The maximum Gasteiger partial charge on any atom is 0.595 e. The zero-order valence-electron chi connectivity index (χ0n) is 13.5. The molecular formula is C17H18O6P2. The van der Waals surface area contributed by atoms with Crippen molar-refractivity contribution in [3.05, 3.63) is 84.7 Å². The largest absolute Gasteiger partial charge is 0.595 e. The molecule has 2 aromatic carbocycles. The Labute approximate surface area is 146 Å². The van der Waals surface area contributed by atoms with Crippen LogP contribution in [-0.2, 0) is 13.4 Å². The SMILES string of the molecule is C/C=C/C=C/P(=O)(O)OP(=O)(Oc1ccccc1)Oc1ccccc1. The van der Waals surface area contributed by atoms with E-state index >= 15 is 0 Å². The van der Waals surface area contributed by atoms with Crippen LogP contribution in [-0.4, -0.2) is 4.89 Å². The quantitative estimate of drug-likeness (QED) is 0.478. The fourth-order valence-electron chi connectivity index (χ4n) is 1.71. The van der Waals surface area contributed by atoms with Gasteiger partial charge in [0, 0.05) is 5.82 Å². The Morgan fingerprint density at radius 2 is 1.32 bits per heavy atom. The Morgan fingerprint density at radius 3 is 1.76 bits per heavy atom. The Kier molecular flexibility index (Phi) is 6.80. The number of allylic oxidation sites excluding steroid dienone is 3. The molecule has 2 rings (SSSR count). The summed E-state index contributed by atoms with van der Waals surface area (Å²) in [5, 5.41) is 0. The lowest BCUT2D eigenvalue weighted by atomic mass is 10.3. The average Bonchev–Trinajstić information content (AvgIpc) is 2.55. The summed E-state index contributed by atoms with van der Waals surface area (Å²) in [4.78, 5) is 9.91. The van der Waals surface area contributed by atoms with E-state index < -0.39 is 15.4 Å². The van der Waals surface area contributed by atoms with Crippen LogP contribution >= 0.6 is 15.4 Å². The highest BCUT2D eigenvalue weighted by atomic mass is 31.3. The molecule has 0 heterocycles. The molecule has 8 heteroatoms. The van der Waals surface area contributed by atoms with E-state index in [0.29, 0.717) is 0 Å². The third-order valence-corrected chi connectivity index (χ3v) is 5.87. The highest BCUT2D eigenvalue weighted by molar-refractivity contribution is 7.66. The molecule has 0 aromatic heterocycles. The molecule has 1 unspecified atom stereocenters. The van der Waals surface area contributed by atoms with E-state index in [0.717, 1.165) is 5.82 Å². The van der Waals surface area contributed by atoms with Crippen LogP contribution in [0.15, 0.2) is 84.7 Å². The second-order valence-corrected chi connectivity index (χ2v) is 8.11. The van der Waals surface area contributed by atoms with E-state index in [-0.39, 0.29) is 11.5 Å². The Hall–Kier alpha value is -2.10. The number of hydrogen-bond acceptors (Lipinski definition) is 5. The number of para-hydroxylation sites is 2. The average molecular weight is 380 g/mol. The van der Waals surface area contributed by atoms with E-state index in [1.807, 2.05) is 0 Å². The van der Waals surface area contributed by atoms with Crippen molar-refractivity contribution in [1.29, 1.82) is 0 Å². The van der Waals surface area contributed by atoms with E-state index in [9.17, 15) is 14.0 Å². The van der Waals surface area contributed by atoms with Gasteiger partial charge in [-0.2, -0.15) is 4.31 Å². The van der Waals surface area contributed by atoms with Crippen molar-refractivity contribution in [1.82, 2.24) is 0 Å². The third kappa shape index (κ3) is 6.73. The third-order valence-electron chi connectivity index (χ3n) is 2.72. The maximum absolute atomic E-state index is 12.9. The van der Waals surface area contributed by atoms with E-state index in [2.05, 4.69) is 0 Å². The first-order chi connectivity index (χ1) is 11.9. The zero-order chi connectivity index (χ0) is 18.2. The topological polar surface area (TPSA) is 82.1 Å². The van der Waals surface area contributed by atoms with Crippen LogP contribution in [0.3, 0.4) is 0 Å². The zero-order valence-corrected chi connectivity index (χ0v) is 15.3. The molecule has 0 radical (unpaired) electrons. The van der Waals surface area contributed by atoms with Crippen molar-refractivity contribution in [2.75, 3.05) is 0 Å². The van der Waals surface area contributed by atoms with Gasteiger partial charge < -0.3 is 13.9 Å². The molecular weight excluding hydrogens is 362 g/mol. The van der Waals surface area contributed by atoms with Crippen LogP contribution < -0.4 is 9.05 Å². The highest BCUT2D eigenvalue weighted by Gasteiger charge is 2.38. The van der Waals surface area contributed by atoms with Crippen molar-refractivity contribution in [2.45, 2.75) is 6.92 Å². The van der Waals surface area contributed by atoms with Gasteiger partial charge in [-0.1, -0.05) is 54.6 Å². The number of rotatable bonds is 8. The second-order valence-electron chi connectivity index (χ2n) is 4.77. The van der Waals surface area contributed by atoms with E-state index in [1.54, 1.807) is 49.4 Å². The number of hydrogen-bond donors (Lipinski definition) is 1. The van der Waals surface area contributed by atoms with Crippen LogP contribution in [0.4, 0.5) is 0 Å². The molecule has 0 aliphatic heterocycles. The van der Waals surface area contributed by atoms with Gasteiger partial charge in [0.25, 0.3) is 0 Å². The standard InChI is InChI=1S/C17H18O6P2/c1-2-3-10-15-24(18,19)23-25(20,21-16-11-6-4-7-12-16)22-17-13-8-5-9-14-17/h2-15H,1H3,(H,18,19)/b3-2+,15-10+. The molecule has 0 aliphatic rings. The molecule has 6 nitrogen and oxygen atoms in total. The van der Waals surface area contributed by atoms with E-state index in [4.69, 9.17) is 13.4 Å². The first kappa shape index (κ1) is 19.2. The van der Waals surface area contributed by atoms with Crippen molar-refractivity contribution in [3.8, 4) is 11.5 Å². The summed E-state index contributed by atoms with van der Waals surface area (Å²) in [6, 6.07) is 16.2. The van der Waals surface area contributed by atoms with Gasteiger partial charge in [-0.15, -0.1) is 0 Å². The van der Waals surface area contributed by atoms with E-state index in [1.165, 1.54) is 36.4 Å². The van der Waals surface area contributed by atoms with Gasteiger partial charge in [0.05, 0.1) is 0 Å².